The molecule has 0 aliphatic carbocycles. The third-order valence-corrected chi connectivity index (χ3v) is 5.96. The molecule has 0 atom stereocenters. The molecule has 0 radical (unpaired) electrons. The molecule has 7 heteroatoms. The van der Waals surface area contributed by atoms with Crippen LogP contribution >= 0.6 is 22.9 Å². The minimum atomic E-state index is -0.0375. The highest BCUT2D eigenvalue weighted by Gasteiger charge is 2.22. The van der Waals surface area contributed by atoms with Gasteiger partial charge in [0.2, 0.25) is 5.91 Å². The van der Waals surface area contributed by atoms with E-state index < -0.39 is 0 Å². The highest BCUT2D eigenvalue weighted by molar-refractivity contribution is 7.18. The summed E-state index contributed by atoms with van der Waals surface area (Å²) in [7, 11) is 0. The quantitative estimate of drug-likeness (QED) is 0.685. The van der Waals surface area contributed by atoms with Gasteiger partial charge in [-0.25, -0.2) is 0 Å². The van der Waals surface area contributed by atoms with Crippen LogP contribution in [0.4, 0.5) is 5.69 Å². The van der Waals surface area contributed by atoms with Gasteiger partial charge < -0.3 is 9.80 Å². The second-order valence-electron chi connectivity index (χ2n) is 6.50. The number of anilines is 1. The maximum absolute atomic E-state index is 12.4. The summed E-state index contributed by atoms with van der Waals surface area (Å²) in [6.45, 7) is 4.29. The van der Waals surface area contributed by atoms with Crippen molar-refractivity contribution in [3.63, 3.8) is 0 Å². The second-order valence-corrected chi connectivity index (χ2v) is 8.21. The number of rotatable bonds is 6. The number of carbonyl (C=O) groups is 3. The average molecular weight is 405 g/mol. The minimum absolute atomic E-state index is 0.0116. The van der Waals surface area contributed by atoms with Crippen molar-refractivity contribution in [3.8, 4) is 0 Å². The number of hydrogen-bond acceptors (Lipinski definition) is 5. The lowest BCUT2D eigenvalue weighted by Crippen LogP contribution is -2.48. The Hall–Kier alpha value is -2.18. The monoisotopic (exact) mass is 404 g/mol. The van der Waals surface area contributed by atoms with E-state index in [1.165, 1.54) is 11.3 Å². The van der Waals surface area contributed by atoms with Crippen molar-refractivity contribution in [1.82, 2.24) is 4.90 Å². The van der Waals surface area contributed by atoms with Gasteiger partial charge >= 0.3 is 0 Å². The van der Waals surface area contributed by atoms with Crippen LogP contribution in [-0.4, -0.2) is 48.6 Å². The summed E-state index contributed by atoms with van der Waals surface area (Å²) in [6.07, 6.45) is 0.435. The van der Waals surface area contributed by atoms with E-state index in [0.29, 0.717) is 27.9 Å². The molecule has 0 spiro atoms. The first-order valence-electron chi connectivity index (χ1n) is 8.86. The molecule has 0 bridgehead atoms. The Labute approximate surface area is 167 Å². The van der Waals surface area contributed by atoms with E-state index in [-0.39, 0.29) is 30.3 Å². The molecular weight excluding hydrogens is 384 g/mol. The molecule has 1 aliphatic rings. The van der Waals surface area contributed by atoms with Gasteiger partial charge in [-0.1, -0.05) is 11.6 Å². The summed E-state index contributed by atoms with van der Waals surface area (Å²) in [5.74, 6) is 0.0263. The number of carbonyl (C=O) groups excluding carboxylic acids is 3. The second kappa shape index (κ2) is 8.67. The molecule has 2 heterocycles. The fraction of sp³-hybridized carbons (Fsp3) is 0.350. The predicted octanol–water partition coefficient (Wildman–Crippen LogP) is 3.92. The van der Waals surface area contributed by atoms with Crippen molar-refractivity contribution in [3.05, 3.63) is 51.2 Å². The Balaban J connectivity index is 1.47. The van der Waals surface area contributed by atoms with Crippen LogP contribution in [0.2, 0.25) is 4.34 Å². The number of Topliss-reactive ketones (excluding diaryl/α,β-unsaturated/α-hetero) is 2. The first-order valence-corrected chi connectivity index (χ1v) is 10.1. The van der Waals surface area contributed by atoms with Gasteiger partial charge in [0.05, 0.1) is 9.21 Å². The van der Waals surface area contributed by atoms with Crippen molar-refractivity contribution in [2.75, 3.05) is 31.1 Å². The van der Waals surface area contributed by atoms with Crippen LogP contribution in [0.1, 0.15) is 39.8 Å². The molecule has 0 N–H and O–H groups in total. The maximum atomic E-state index is 12.4. The van der Waals surface area contributed by atoms with Crippen LogP contribution in [-0.2, 0) is 4.79 Å². The van der Waals surface area contributed by atoms with Crippen molar-refractivity contribution >= 4 is 46.1 Å². The summed E-state index contributed by atoms with van der Waals surface area (Å²) in [5, 5.41) is 0. The zero-order valence-electron chi connectivity index (χ0n) is 15.1. The lowest BCUT2D eigenvalue weighted by molar-refractivity contribution is -0.131. The highest BCUT2D eigenvalue weighted by atomic mass is 35.5. The number of piperazine rings is 1. The minimum Gasteiger partial charge on any atom is -0.368 e. The molecule has 1 amide bonds. The van der Waals surface area contributed by atoms with Crippen LogP contribution in [0.3, 0.4) is 0 Å². The molecule has 1 saturated heterocycles. The van der Waals surface area contributed by atoms with Gasteiger partial charge in [-0.15, -0.1) is 11.3 Å². The molecular formula is C20H21ClN2O3S. The van der Waals surface area contributed by atoms with Crippen LogP contribution < -0.4 is 4.90 Å². The van der Waals surface area contributed by atoms with Crippen LogP contribution in [0.5, 0.6) is 0 Å². The Morgan fingerprint density at radius 2 is 1.63 bits per heavy atom. The molecule has 27 heavy (non-hydrogen) atoms. The Morgan fingerprint density at radius 3 is 2.19 bits per heavy atom. The van der Waals surface area contributed by atoms with Gasteiger partial charge in [-0.05, 0) is 43.3 Å². The van der Waals surface area contributed by atoms with Crippen LogP contribution in [0, 0.1) is 0 Å². The maximum Gasteiger partial charge on any atom is 0.223 e. The van der Waals surface area contributed by atoms with Gasteiger partial charge in [0.25, 0.3) is 0 Å². The van der Waals surface area contributed by atoms with E-state index in [1.807, 2.05) is 29.2 Å². The lowest BCUT2D eigenvalue weighted by Gasteiger charge is -2.36. The number of thiophene rings is 1. The summed E-state index contributed by atoms with van der Waals surface area (Å²) in [5.41, 5.74) is 1.75. The van der Waals surface area contributed by atoms with Gasteiger partial charge in [0.15, 0.2) is 11.6 Å². The van der Waals surface area contributed by atoms with Gasteiger partial charge in [0, 0.05) is 50.3 Å². The van der Waals surface area contributed by atoms with E-state index in [0.717, 1.165) is 18.8 Å². The molecule has 1 aliphatic heterocycles. The summed E-state index contributed by atoms with van der Waals surface area (Å²) in [4.78, 5) is 40.5. The molecule has 0 saturated carbocycles. The fourth-order valence-corrected chi connectivity index (χ4v) is 4.10. The largest absolute Gasteiger partial charge is 0.368 e. The SMILES string of the molecule is CC(=O)c1ccc(N2CCN(C(=O)CCC(=O)c3ccc(Cl)s3)CC2)cc1. The molecule has 5 nitrogen and oxygen atoms in total. The molecule has 3 rings (SSSR count). The zero-order chi connectivity index (χ0) is 19.4. The normalized spacial score (nSPS) is 14.3. The molecule has 2 aromatic rings. The van der Waals surface area contributed by atoms with E-state index in [1.54, 1.807) is 19.1 Å². The number of amides is 1. The Morgan fingerprint density at radius 1 is 0.963 bits per heavy atom. The average Bonchev–Trinajstić information content (AvgIpc) is 3.12. The van der Waals surface area contributed by atoms with Crippen molar-refractivity contribution < 1.29 is 14.4 Å². The smallest absolute Gasteiger partial charge is 0.223 e. The first-order chi connectivity index (χ1) is 12.9. The van der Waals surface area contributed by atoms with Crippen LogP contribution in [0.15, 0.2) is 36.4 Å². The molecule has 1 aromatic heterocycles. The van der Waals surface area contributed by atoms with Crippen molar-refractivity contribution in [1.29, 1.82) is 0 Å². The Kier molecular flexibility index (Phi) is 6.29. The number of hydrogen-bond donors (Lipinski definition) is 0. The first kappa shape index (κ1) is 19.6. The molecule has 0 unspecified atom stereocenters. The topological polar surface area (TPSA) is 57.7 Å². The Bertz CT molecular complexity index is 839. The zero-order valence-corrected chi connectivity index (χ0v) is 16.7. The third kappa shape index (κ3) is 4.96. The van der Waals surface area contributed by atoms with E-state index in [2.05, 4.69) is 4.90 Å². The number of halogens is 1. The van der Waals surface area contributed by atoms with E-state index in [9.17, 15) is 14.4 Å². The number of nitrogens with zero attached hydrogens (tertiary/aromatic N) is 2. The van der Waals surface area contributed by atoms with Gasteiger partial charge in [-0.2, -0.15) is 0 Å². The lowest BCUT2D eigenvalue weighted by atomic mass is 10.1. The van der Waals surface area contributed by atoms with Crippen molar-refractivity contribution in [2.24, 2.45) is 0 Å². The fourth-order valence-electron chi connectivity index (χ4n) is 3.09. The van der Waals surface area contributed by atoms with Gasteiger partial charge in [0.1, 0.15) is 0 Å². The van der Waals surface area contributed by atoms with Gasteiger partial charge in [-0.3, -0.25) is 14.4 Å². The van der Waals surface area contributed by atoms with Crippen LogP contribution in [0.25, 0.3) is 0 Å². The predicted molar refractivity (Wildman–Crippen MR) is 108 cm³/mol. The highest BCUT2D eigenvalue weighted by Crippen LogP contribution is 2.23. The summed E-state index contributed by atoms with van der Waals surface area (Å²) < 4.78 is 0.581. The summed E-state index contributed by atoms with van der Waals surface area (Å²) in [6, 6.07) is 11.0. The summed E-state index contributed by atoms with van der Waals surface area (Å²) >= 11 is 7.09. The molecule has 1 aromatic carbocycles. The number of ketones is 2. The third-order valence-electron chi connectivity index (χ3n) is 4.69. The standard InChI is InChI=1S/C20H21ClN2O3S/c1-14(24)15-2-4-16(5-3-15)22-10-12-23(13-11-22)20(26)9-6-17(25)18-7-8-19(21)27-18/h2-5,7-8H,6,9-13H2,1H3. The van der Waals surface area contributed by atoms with E-state index in [4.69, 9.17) is 11.6 Å². The van der Waals surface area contributed by atoms with E-state index >= 15 is 0 Å². The molecule has 1 fully saturated rings. The molecule has 142 valence electrons. The number of benzene rings is 1. The van der Waals surface area contributed by atoms with Crippen molar-refractivity contribution in [2.45, 2.75) is 19.8 Å².